The van der Waals surface area contributed by atoms with Crippen molar-refractivity contribution < 1.29 is 0 Å². The molecule has 0 aliphatic heterocycles. The van der Waals surface area contributed by atoms with E-state index >= 15 is 0 Å². The molecule has 2 rings (SSSR count). The van der Waals surface area contributed by atoms with Crippen LogP contribution in [0.3, 0.4) is 0 Å². The Morgan fingerprint density at radius 3 is 3.00 bits per heavy atom. The van der Waals surface area contributed by atoms with E-state index in [2.05, 4.69) is 21.3 Å². The molecule has 0 fully saturated rings. The number of pyridine rings is 1. The van der Waals surface area contributed by atoms with Crippen molar-refractivity contribution in [2.45, 2.75) is 30.1 Å². The lowest BCUT2D eigenvalue weighted by Gasteiger charge is -2.08. The highest BCUT2D eigenvalue weighted by Crippen LogP contribution is 2.26. The van der Waals surface area contributed by atoms with Crippen LogP contribution in [0.25, 0.3) is 0 Å². The van der Waals surface area contributed by atoms with Crippen LogP contribution < -0.4 is 5.69 Å². The number of nitrogens with one attached hydrogen (secondary N) is 1. The highest BCUT2D eigenvalue weighted by atomic mass is 32.2. The van der Waals surface area contributed by atoms with Crippen molar-refractivity contribution in [3.8, 4) is 6.07 Å². The van der Waals surface area contributed by atoms with Gasteiger partial charge in [-0.05, 0) is 37.7 Å². The van der Waals surface area contributed by atoms with Crippen LogP contribution in [0.5, 0.6) is 0 Å². The molecule has 7 heteroatoms. The van der Waals surface area contributed by atoms with Gasteiger partial charge in [0.1, 0.15) is 11.1 Å². The van der Waals surface area contributed by atoms with Gasteiger partial charge in [-0.3, -0.25) is 4.57 Å². The first-order valence-corrected chi connectivity index (χ1v) is 6.15. The number of nitriles is 1. The lowest BCUT2D eigenvalue weighted by atomic mass is 10.3. The molecule has 0 spiro atoms. The van der Waals surface area contributed by atoms with Crippen molar-refractivity contribution in [2.75, 3.05) is 0 Å². The van der Waals surface area contributed by atoms with Crippen molar-refractivity contribution >= 4 is 11.8 Å². The van der Waals surface area contributed by atoms with Gasteiger partial charge in [0.2, 0.25) is 0 Å². The van der Waals surface area contributed by atoms with Crippen molar-refractivity contribution in [3.63, 3.8) is 0 Å². The average molecular weight is 261 g/mol. The Morgan fingerprint density at radius 1 is 1.56 bits per heavy atom. The third-order valence-corrected chi connectivity index (χ3v) is 3.26. The van der Waals surface area contributed by atoms with Crippen LogP contribution in [-0.2, 0) is 0 Å². The molecule has 0 aliphatic carbocycles. The third-order valence-electron chi connectivity index (χ3n) is 2.27. The molecule has 0 radical (unpaired) electrons. The van der Waals surface area contributed by atoms with Gasteiger partial charge < -0.3 is 0 Å². The van der Waals surface area contributed by atoms with Crippen LogP contribution >= 0.6 is 11.8 Å². The van der Waals surface area contributed by atoms with E-state index in [1.165, 1.54) is 16.3 Å². The van der Waals surface area contributed by atoms with Crippen molar-refractivity contribution in [1.82, 2.24) is 19.7 Å². The molecule has 2 heterocycles. The average Bonchev–Trinajstić information content (AvgIpc) is 2.71. The molecule has 0 bridgehead atoms. The normalized spacial score (nSPS) is 10.6. The maximum atomic E-state index is 11.6. The summed E-state index contributed by atoms with van der Waals surface area (Å²) in [5.41, 5.74) is 0.204. The molecule has 0 aromatic carbocycles. The fourth-order valence-electron chi connectivity index (χ4n) is 1.46. The summed E-state index contributed by atoms with van der Waals surface area (Å²) in [5.74, 6) is 0. The minimum atomic E-state index is -0.262. The SMILES string of the molecule is CC(C)n1c(Sc2ncccc2C#N)n[nH]c1=O. The van der Waals surface area contributed by atoms with E-state index in [0.717, 1.165) is 0 Å². The highest BCUT2D eigenvalue weighted by Gasteiger charge is 2.14. The zero-order chi connectivity index (χ0) is 13.1. The Labute approximate surface area is 108 Å². The van der Waals surface area contributed by atoms with E-state index in [1.807, 2.05) is 13.8 Å². The summed E-state index contributed by atoms with van der Waals surface area (Å²) in [6.45, 7) is 3.79. The molecule has 2 aromatic rings. The van der Waals surface area contributed by atoms with Gasteiger partial charge in [0.05, 0.1) is 5.56 Å². The lowest BCUT2D eigenvalue weighted by Crippen LogP contribution is -2.19. The van der Waals surface area contributed by atoms with Crippen LogP contribution in [0.15, 0.2) is 33.3 Å². The Kier molecular flexibility index (Phi) is 3.48. The first-order valence-electron chi connectivity index (χ1n) is 5.33. The van der Waals surface area contributed by atoms with Crippen LogP contribution in [0.1, 0.15) is 25.5 Å². The Balaban J connectivity index is 2.41. The van der Waals surface area contributed by atoms with Gasteiger partial charge in [-0.25, -0.2) is 14.9 Å². The van der Waals surface area contributed by atoms with E-state index in [-0.39, 0.29) is 11.7 Å². The second kappa shape index (κ2) is 5.06. The van der Waals surface area contributed by atoms with Gasteiger partial charge in [-0.1, -0.05) is 0 Å². The first-order chi connectivity index (χ1) is 8.63. The monoisotopic (exact) mass is 261 g/mol. The minimum absolute atomic E-state index is 0.00648. The Morgan fingerprint density at radius 2 is 2.33 bits per heavy atom. The summed E-state index contributed by atoms with van der Waals surface area (Å²) in [4.78, 5) is 15.7. The molecule has 1 N–H and O–H groups in total. The summed E-state index contributed by atoms with van der Waals surface area (Å²) in [6.07, 6.45) is 1.60. The van der Waals surface area contributed by atoms with Crippen molar-refractivity contribution in [3.05, 3.63) is 34.4 Å². The van der Waals surface area contributed by atoms with Gasteiger partial charge in [0, 0.05) is 12.2 Å². The summed E-state index contributed by atoms with van der Waals surface area (Å²) in [5, 5.41) is 16.4. The molecule has 0 aliphatic rings. The molecular weight excluding hydrogens is 250 g/mol. The Hall–Kier alpha value is -2.07. The number of rotatable bonds is 3. The number of H-pyrrole nitrogens is 1. The molecule has 92 valence electrons. The van der Waals surface area contributed by atoms with E-state index in [9.17, 15) is 4.79 Å². The molecule has 6 nitrogen and oxygen atoms in total. The summed E-state index contributed by atoms with van der Waals surface area (Å²) in [7, 11) is 0. The van der Waals surface area contributed by atoms with Crippen LogP contribution in [0.4, 0.5) is 0 Å². The fraction of sp³-hybridized carbons (Fsp3) is 0.273. The molecular formula is C11H11N5OS. The maximum Gasteiger partial charge on any atom is 0.344 e. The second-order valence-corrected chi connectivity index (χ2v) is 4.80. The quantitative estimate of drug-likeness (QED) is 0.906. The maximum absolute atomic E-state index is 11.6. The summed E-state index contributed by atoms with van der Waals surface area (Å²) in [6, 6.07) is 5.43. The largest absolute Gasteiger partial charge is 0.344 e. The van der Waals surface area contributed by atoms with E-state index in [1.54, 1.807) is 18.3 Å². The molecule has 18 heavy (non-hydrogen) atoms. The molecule has 2 aromatic heterocycles. The number of hydrogen-bond donors (Lipinski definition) is 1. The standard InChI is InChI=1S/C11H11N5OS/c1-7(2)16-10(17)14-15-11(16)18-9-8(6-12)4-3-5-13-9/h3-5,7H,1-2H3,(H,14,17). The van der Waals surface area contributed by atoms with Gasteiger partial charge in [0.15, 0.2) is 5.16 Å². The molecule has 0 unspecified atom stereocenters. The number of hydrogen-bond acceptors (Lipinski definition) is 5. The number of aromatic nitrogens is 4. The first kappa shape index (κ1) is 12.4. The van der Waals surface area contributed by atoms with Crippen LogP contribution in [-0.4, -0.2) is 19.7 Å². The second-order valence-electron chi connectivity index (χ2n) is 3.85. The van der Waals surface area contributed by atoms with E-state index in [4.69, 9.17) is 5.26 Å². The van der Waals surface area contributed by atoms with Crippen LogP contribution in [0.2, 0.25) is 0 Å². The zero-order valence-corrected chi connectivity index (χ0v) is 10.7. The third kappa shape index (κ3) is 2.28. The predicted octanol–water partition coefficient (Wildman–Crippen LogP) is 1.57. The van der Waals surface area contributed by atoms with Gasteiger partial charge in [-0.15, -0.1) is 5.10 Å². The molecule has 0 saturated heterocycles. The van der Waals surface area contributed by atoms with E-state index in [0.29, 0.717) is 15.7 Å². The topological polar surface area (TPSA) is 87.4 Å². The van der Waals surface area contributed by atoms with Gasteiger partial charge in [-0.2, -0.15) is 5.26 Å². The van der Waals surface area contributed by atoms with Gasteiger partial charge >= 0.3 is 5.69 Å². The zero-order valence-electron chi connectivity index (χ0n) is 9.91. The molecule has 0 saturated carbocycles. The fourth-order valence-corrected chi connectivity index (χ4v) is 2.45. The predicted molar refractivity (Wildman–Crippen MR) is 66.3 cm³/mol. The number of aromatic amines is 1. The van der Waals surface area contributed by atoms with Crippen LogP contribution in [0, 0.1) is 11.3 Å². The minimum Gasteiger partial charge on any atom is -0.267 e. The Bertz CT molecular complexity index is 652. The summed E-state index contributed by atoms with van der Waals surface area (Å²) >= 11 is 1.20. The van der Waals surface area contributed by atoms with Crippen molar-refractivity contribution in [1.29, 1.82) is 5.26 Å². The molecule has 0 atom stereocenters. The lowest BCUT2D eigenvalue weighted by molar-refractivity contribution is 0.534. The molecule has 0 amide bonds. The summed E-state index contributed by atoms with van der Waals surface area (Å²) < 4.78 is 1.53. The van der Waals surface area contributed by atoms with E-state index < -0.39 is 0 Å². The smallest absolute Gasteiger partial charge is 0.267 e. The number of nitrogens with zero attached hydrogens (tertiary/aromatic N) is 4. The van der Waals surface area contributed by atoms with Crippen molar-refractivity contribution in [2.24, 2.45) is 0 Å². The highest BCUT2D eigenvalue weighted by molar-refractivity contribution is 7.99. The van der Waals surface area contributed by atoms with Gasteiger partial charge in [0.25, 0.3) is 0 Å².